The van der Waals surface area contributed by atoms with Gasteiger partial charge in [0.1, 0.15) is 5.60 Å². The first-order chi connectivity index (χ1) is 12.4. The van der Waals surface area contributed by atoms with Crippen molar-refractivity contribution < 1.29 is 14.6 Å². The molecule has 1 aromatic carbocycles. The van der Waals surface area contributed by atoms with Crippen LogP contribution < -0.4 is 0 Å². The number of nitrogens with one attached hydrogen (secondary N) is 1. The van der Waals surface area contributed by atoms with Crippen LogP contribution in [0, 0.1) is 0 Å². The van der Waals surface area contributed by atoms with E-state index in [0.717, 1.165) is 52.3 Å². The summed E-state index contributed by atoms with van der Waals surface area (Å²) < 4.78 is 5.34. The summed E-state index contributed by atoms with van der Waals surface area (Å²) in [7, 11) is 0. The highest BCUT2D eigenvalue weighted by Crippen LogP contribution is 2.28. The van der Waals surface area contributed by atoms with E-state index in [1.54, 1.807) is 0 Å². The maximum absolute atomic E-state index is 11.8. The van der Waals surface area contributed by atoms with Crippen molar-refractivity contribution in [3.05, 3.63) is 41.7 Å². The third kappa shape index (κ3) is 4.22. The topological polar surface area (TPSA) is 75.2 Å². The Morgan fingerprint density at radius 3 is 2.73 bits per heavy atom. The molecule has 0 saturated heterocycles. The minimum absolute atomic E-state index is 0.0288. The number of benzene rings is 1. The minimum atomic E-state index is -0.429. The lowest BCUT2D eigenvalue weighted by atomic mass is 10.1. The molecule has 3 rings (SSSR count). The van der Waals surface area contributed by atoms with Gasteiger partial charge in [0, 0.05) is 28.9 Å². The van der Waals surface area contributed by atoms with Gasteiger partial charge in [0.25, 0.3) is 0 Å². The van der Waals surface area contributed by atoms with Gasteiger partial charge < -0.3 is 14.8 Å². The molecule has 0 aliphatic heterocycles. The zero-order chi connectivity index (χ0) is 18.7. The molecule has 5 nitrogen and oxygen atoms in total. The summed E-state index contributed by atoms with van der Waals surface area (Å²) in [4.78, 5) is 19.8. The molecular formula is C21H26N2O3. The number of aromatic nitrogens is 2. The predicted molar refractivity (Wildman–Crippen MR) is 103 cm³/mol. The van der Waals surface area contributed by atoms with Gasteiger partial charge >= 0.3 is 5.97 Å². The third-order valence-corrected chi connectivity index (χ3v) is 4.31. The Hall–Kier alpha value is -2.40. The number of carbonyl (C=O) groups excluding carboxylic acids is 1. The molecule has 26 heavy (non-hydrogen) atoms. The van der Waals surface area contributed by atoms with E-state index in [4.69, 9.17) is 4.74 Å². The van der Waals surface area contributed by atoms with Crippen LogP contribution in [0.4, 0.5) is 0 Å². The van der Waals surface area contributed by atoms with Gasteiger partial charge in [-0.2, -0.15) is 0 Å². The maximum Gasteiger partial charge on any atom is 0.306 e. The molecule has 0 aliphatic carbocycles. The van der Waals surface area contributed by atoms with Crippen LogP contribution >= 0.6 is 0 Å². The molecule has 0 bridgehead atoms. The highest BCUT2D eigenvalue weighted by Gasteiger charge is 2.16. The minimum Gasteiger partial charge on any atom is -0.460 e. The van der Waals surface area contributed by atoms with Gasteiger partial charge in [0.2, 0.25) is 0 Å². The Morgan fingerprint density at radius 2 is 2.00 bits per heavy atom. The molecule has 0 radical (unpaired) electrons. The highest BCUT2D eigenvalue weighted by molar-refractivity contribution is 6.07. The Bertz CT molecular complexity index is 922. The standard InChI is InChI=1S/C21H26N2O3/c1-21(2,3)26-19(25)7-5-4-6-17-20-16(10-11-22-17)15-9-8-14(13-24)12-18(15)23-20/h8-12,23-24H,4-7,13H2,1-3H3. The first-order valence-electron chi connectivity index (χ1n) is 9.08. The SMILES string of the molecule is CC(C)(C)OC(=O)CCCCc1nccc2c1[nH]c1cc(CO)ccc12. The number of ether oxygens (including phenoxy) is 1. The fourth-order valence-corrected chi connectivity index (χ4v) is 3.18. The second-order valence-corrected chi connectivity index (χ2v) is 7.64. The number of aromatic amines is 1. The fourth-order valence-electron chi connectivity index (χ4n) is 3.18. The summed E-state index contributed by atoms with van der Waals surface area (Å²) in [5, 5.41) is 11.6. The second kappa shape index (κ2) is 7.46. The molecule has 0 amide bonds. The van der Waals surface area contributed by atoms with Crippen LogP contribution in [0.5, 0.6) is 0 Å². The molecule has 0 fully saturated rings. The summed E-state index contributed by atoms with van der Waals surface area (Å²) in [6.45, 7) is 5.68. The van der Waals surface area contributed by atoms with Crippen LogP contribution in [-0.4, -0.2) is 26.6 Å². The molecule has 2 N–H and O–H groups in total. The smallest absolute Gasteiger partial charge is 0.306 e. The lowest BCUT2D eigenvalue weighted by Gasteiger charge is -2.19. The predicted octanol–water partition coefficient (Wildman–Crippen LogP) is 4.26. The second-order valence-electron chi connectivity index (χ2n) is 7.64. The molecule has 2 heterocycles. The van der Waals surface area contributed by atoms with Crippen LogP contribution in [-0.2, 0) is 22.6 Å². The average Bonchev–Trinajstić information content (AvgIpc) is 2.95. The van der Waals surface area contributed by atoms with Crippen molar-refractivity contribution in [1.82, 2.24) is 9.97 Å². The van der Waals surface area contributed by atoms with Crippen molar-refractivity contribution in [1.29, 1.82) is 0 Å². The first kappa shape index (κ1) is 18.4. The van der Waals surface area contributed by atoms with E-state index < -0.39 is 5.60 Å². The molecular weight excluding hydrogens is 328 g/mol. The lowest BCUT2D eigenvalue weighted by molar-refractivity contribution is -0.154. The van der Waals surface area contributed by atoms with Crippen molar-refractivity contribution in [3.8, 4) is 0 Å². The number of aryl methyl sites for hydroxylation is 1. The zero-order valence-corrected chi connectivity index (χ0v) is 15.6. The van der Waals surface area contributed by atoms with Gasteiger partial charge in [-0.15, -0.1) is 0 Å². The third-order valence-electron chi connectivity index (χ3n) is 4.31. The Labute approximate surface area is 153 Å². The van der Waals surface area contributed by atoms with Crippen molar-refractivity contribution in [2.75, 3.05) is 0 Å². The molecule has 5 heteroatoms. The van der Waals surface area contributed by atoms with Crippen LogP contribution in [0.1, 0.15) is 51.3 Å². The molecule has 0 aliphatic rings. The number of hydrogen-bond acceptors (Lipinski definition) is 4. The summed E-state index contributed by atoms with van der Waals surface area (Å²) in [6, 6.07) is 7.96. The lowest BCUT2D eigenvalue weighted by Crippen LogP contribution is -2.23. The van der Waals surface area contributed by atoms with E-state index in [1.165, 1.54) is 0 Å². The number of fused-ring (bicyclic) bond motifs is 3. The van der Waals surface area contributed by atoms with Crippen LogP contribution in [0.2, 0.25) is 0 Å². The van der Waals surface area contributed by atoms with Gasteiger partial charge in [0.15, 0.2) is 0 Å². The molecule has 2 aromatic heterocycles. The number of H-pyrrole nitrogens is 1. The number of rotatable bonds is 6. The number of pyridine rings is 1. The quantitative estimate of drug-likeness (QED) is 0.512. The normalized spacial score (nSPS) is 12.0. The van der Waals surface area contributed by atoms with E-state index >= 15 is 0 Å². The first-order valence-corrected chi connectivity index (χ1v) is 9.08. The largest absolute Gasteiger partial charge is 0.460 e. The van der Waals surface area contributed by atoms with E-state index in [-0.39, 0.29) is 12.6 Å². The molecule has 0 atom stereocenters. The summed E-state index contributed by atoms with van der Waals surface area (Å²) >= 11 is 0. The van der Waals surface area contributed by atoms with E-state index in [1.807, 2.05) is 51.2 Å². The van der Waals surface area contributed by atoms with Crippen molar-refractivity contribution >= 4 is 27.8 Å². The number of esters is 1. The van der Waals surface area contributed by atoms with E-state index in [2.05, 4.69) is 9.97 Å². The fraction of sp³-hybridized carbons (Fsp3) is 0.429. The Kier molecular flexibility index (Phi) is 5.28. The van der Waals surface area contributed by atoms with Crippen LogP contribution in [0.3, 0.4) is 0 Å². The van der Waals surface area contributed by atoms with Gasteiger partial charge in [-0.3, -0.25) is 9.78 Å². The Balaban J connectivity index is 1.69. The van der Waals surface area contributed by atoms with Crippen molar-refractivity contribution in [2.24, 2.45) is 0 Å². The van der Waals surface area contributed by atoms with Crippen molar-refractivity contribution in [3.63, 3.8) is 0 Å². The van der Waals surface area contributed by atoms with Gasteiger partial charge in [-0.05, 0) is 57.7 Å². The number of unbranched alkanes of at least 4 members (excludes halogenated alkanes) is 1. The monoisotopic (exact) mass is 354 g/mol. The molecule has 0 unspecified atom stereocenters. The number of nitrogens with zero attached hydrogens (tertiary/aromatic N) is 1. The van der Waals surface area contributed by atoms with Gasteiger partial charge in [-0.1, -0.05) is 12.1 Å². The molecule has 138 valence electrons. The molecule has 0 spiro atoms. The summed E-state index contributed by atoms with van der Waals surface area (Å²) in [5.74, 6) is -0.147. The number of carbonyl (C=O) groups is 1. The van der Waals surface area contributed by atoms with Crippen molar-refractivity contribution in [2.45, 2.75) is 58.7 Å². The molecule has 3 aromatic rings. The van der Waals surface area contributed by atoms with Crippen LogP contribution in [0.15, 0.2) is 30.5 Å². The van der Waals surface area contributed by atoms with Gasteiger partial charge in [-0.25, -0.2) is 0 Å². The van der Waals surface area contributed by atoms with E-state index in [9.17, 15) is 9.90 Å². The number of hydrogen-bond donors (Lipinski definition) is 2. The average molecular weight is 354 g/mol. The summed E-state index contributed by atoms with van der Waals surface area (Å²) in [6.07, 6.45) is 4.73. The molecule has 0 saturated carbocycles. The number of aliphatic hydroxyl groups is 1. The van der Waals surface area contributed by atoms with Crippen LogP contribution in [0.25, 0.3) is 21.8 Å². The zero-order valence-electron chi connectivity index (χ0n) is 15.6. The summed E-state index contributed by atoms with van der Waals surface area (Å²) in [5.41, 5.74) is 3.51. The maximum atomic E-state index is 11.8. The van der Waals surface area contributed by atoms with Gasteiger partial charge in [0.05, 0.1) is 17.8 Å². The van der Waals surface area contributed by atoms with E-state index in [0.29, 0.717) is 6.42 Å². The number of aliphatic hydroxyl groups excluding tert-OH is 1. The highest BCUT2D eigenvalue weighted by atomic mass is 16.6. The Morgan fingerprint density at radius 1 is 1.19 bits per heavy atom.